The van der Waals surface area contributed by atoms with E-state index in [4.69, 9.17) is 20.3 Å². The Bertz CT molecular complexity index is 1130. The first-order chi connectivity index (χ1) is 14.6. The maximum absolute atomic E-state index is 11.8. The molecule has 1 heterocycles. The maximum atomic E-state index is 11.8. The molecule has 2 aromatic carbocycles. The summed E-state index contributed by atoms with van der Waals surface area (Å²) in [5.41, 5.74) is 3.82. The Kier molecular flexibility index (Phi) is 6.85. The Balaban J connectivity index is 1.58. The number of aromatic nitrogens is 1. The highest BCUT2D eigenvalue weighted by atomic mass is 32.1. The van der Waals surface area contributed by atoms with E-state index in [0.717, 1.165) is 26.4 Å². The van der Waals surface area contributed by atoms with E-state index in [0.29, 0.717) is 0 Å². The SMILES string of the molecule is Cc1cccc(-c2ccc3nc(CC(=N)OC(=N)CCC(=O)OC(C)(C)C)sc3c2)c1. The van der Waals surface area contributed by atoms with Crippen LogP contribution >= 0.6 is 11.3 Å². The molecule has 6 nitrogen and oxygen atoms in total. The molecule has 0 atom stereocenters. The first-order valence-electron chi connectivity index (χ1n) is 10.1. The summed E-state index contributed by atoms with van der Waals surface area (Å²) in [6.07, 6.45) is 0.344. The Morgan fingerprint density at radius 1 is 1.03 bits per heavy atom. The van der Waals surface area contributed by atoms with E-state index < -0.39 is 5.60 Å². The second-order valence-corrected chi connectivity index (χ2v) is 9.49. The van der Waals surface area contributed by atoms with Crippen LogP contribution in [0.4, 0.5) is 0 Å². The molecule has 0 aliphatic carbocycles. The van der Waals surface area contributed by atoms with Gasteiger partial charge in [0.25, 0.3) is 0 Å². The predicted octanol–water partition coefficient (Wildman–Crippen LogP) is 5.91. The summed E-state index contributed by atoms with van der Waals surface area (Å²) in [7, 11) is 0. The van der Waals surface area contributed by atoms with Crippen molar-refractivity contribution < 1.29 is 14.3 Å². The summed E-state index contributed by atoms with van der Waals surface area (Å²) in [4.78, 5) is 16.3. The number of hydrogen-bond donors (Lipinski definition) is 2. The second-order valence-electron chi connectivity index (χ2n) is 8.37. The Labute approximate surface area is 186 Å². The number of nitrogens with zero attached hydrogens (tertiary/aromatic N) is 1. The lowest BCUT2D eigenvalue weighted by molar-refractivity contribution is -0.154. The third-order valence-electron chi connectivity index (χ3n) is 4.32. The smallest absolute Gasteiger partial charge is 0.306 e. The minimum Gasteiger partial charge on any atom is -0.460 e. The van der Waals surface area contributed by atoms with Gasteiger partial charge in [-0.2, -0.15) is 0 Å². The molecule has 0 saturated carbocycles. The van der Waals surface area contributed by atoms with Crippen molar-refractivity contribution in [1.82, 2.24) is 4.98 Å². The number of carbonyl (C=O) groups is 1. The van der Waals surface area contributed by atoms with Crippen LogP contribution < -0.4 is 0 Å². The van der Waals surface area contributed by atoms with Gasteiger partial charge < -0.3 is 9.47 Å². The highest BCUT2D eigenvalue weighted by Crippen LogP contribution is 2.29. The minimum atomic E-state index is -0.557. The number of ether oxygens (including phenoxy) is 2. The van der Waals surface area contributed by atoms with Crippen molar-refractivity contribution >= 4 is 39.3 Å². The van der Waals surface area contributed by atoms with Crippen molar-refractivity contribution in [3.05, 3.63) is 53.0 Å². The minimum absolute atomic E-state index is 0.0479. The lowest BCUT2D eigenvalue weighted by atomic mass is 10.0. The molecule has 0 fully saturated rings. The Hall–Kier alpha value is -3.06. The van der Waals surface area contributed by atoms with Crippen molar-refractivity contribution in [2.24, 2.45) is 0 Å². The third kappa shape index (κ3) is 6.72. The number of thiazole rings is 1. The fraction of sp³-hybridized carbons (Fsp3) is 0.333. The molecule has 7 heteroatoms. The molecule has 1 aromatic heterocycles. The molecule has 0 bridgehead atoms. The number of nitrogens with one attached hydrogen (secondary N) is 2. The summed E-state index contributed by atoms with van der Waals surface area (Å²) in [6.45, 7) is 7.46. The van der Waals surface area contributed by atoms with Crippen LogP contribution in [0, 0.1) is 17.7 Å². The van der Waals surface area contributed by atoms with E-state index in [1.807, 2.05) is 12.1 Å². The zero-order valence-electron chi connectivity index (χ0n) is 18.2. The van der Waals surface area contributed by atoms with Crippen LogP contribution in [-0.4, -0.2) is 28.3 Å². The van der Waals surface area contributed by atoms with Crippen LogP contribution in [0.15, 0.2) is 42.5 Å². The number of esters is 1. The Morgan fingerprint density at radius 2 is 1.77 bits per heavy atom. The van der Waals surface area contributed by atoms with Crippen molar-refractivity contribution in [3.8, 4) is 11.1 Å². The van der Waals surface area contributed by atoms with Gasteiger partial charge in [-0.25, -0.2) is 4.98 Å². The zero-order chi connectivity index (χ0) is 22.6. The van der Waals surface area contributed by atoms with Gasteiger partial charge in [-0.3, -0.25) is 15.6 Å². The number of rotatable bonds is 6. The van der Waals surface area contributed by atoms with Gasteiger partial charge in [-0.05, 0) is 51.0 Å². The number of hydrogen-bond acceptors (Lipinski definition) is 7. The molecule has 2 N–H and O–H groups in total. The molecule has 0 aliphatic rings. The highest BCUT2D eigenvalue weighted by molar-refractivity contribution is 7.18. The average molecular weight is 438 g/mol. The van der Waals surface area contributed by atoms with Crippen LogP contribution in [0.25, 0.3) is 21.3 Å². The zero-order valence-corrected chi connectivity index (χ0v) is 19.1. The first kappa shape index (κ1) is 22.6. The first-order valence-corrected chi connectivity index (χ1v) is 10.9. The number of aryl methyl sites for hydroxylation is 1. The van der Waals surface area contributed by atoms with Gasteiger partial charge in [0.05, 0.1) is 23.1 Å². The van der Waals surface area contributed by atoms with Crippen LogP contribution in [0.5, 0.6) is 0 Å². The van der Waals surface area contributed by atoms with Crippen LogP contribution in [-0.2, 0) is 20.7 Å². The molecule has 0 aliphatic heterocycles. The fourth-order valence-electron chi connectivity index (χ4n) is 3.03. The highest BCUT2D eigenvalue weighted by Gasteiger charge is 2.17. The molecular weight excluding hydrogens is 410 g/mol. The summed E-state index contributed by atoms with van der Waals surface area (Å²) >= 11 is 1.51. The number of benzene rings is 2. The summed E-state index contributed by atoms with van der Waals surface area (Å²) < 4.78 is 11.5. The summed E-state index contributed by atoms with van der Waals surface area (Å²) in [6, 6.07) is 14.5. The molecule has 162 valence electrons. The topological polar surface area (TPSA) is 96.1 Å². The average Bonchev–Trinajstić information content (AvgIpc) is 3.06. The molecule has 3 rings (SSSR count). The number of carbonyl (C=O) groups excluding carboxylic acids is 1. The van der Waals surface area contributed by atoms with Crippen LogP contribution in [0.3, 0.4) is 0 Å². The maximum Gasteiger partial charge on any atom is 0.306 e. The standard InChI is InChI=1S/C24H27N3O3S/c1-15-6-5-7-16(12-15)17-8-9-18-19(13-17)31-22(27-18)14-21(26)29-20(25)10-11-23(28)30-24(2,3)4/h5-9,12-13,25-26H,10-11,14H2,1-4H3. The van der Waals surface area contributed by atoms with Gasteiger partial charge in [0.15, 0.2) is 11.8 Å². The molecule has 0 unspecified atom stereocenters. The summed E-state index contributed by atoms with van der Waals surface area (Å²) in [5.74, 6) is -0.575. The molecular formula is C24H27N3O3S. The molecule has 0 radical (unpaired) electrons. The summed E-state index contributed by atoms with van der Waals surface area (Å²) in [5, 5.41) is 16.7. The van der Waals surface area contributed by atoms with E-state index in [1.54, 1.807) is 20.8 Å². The number of fused-ring (bicyclic) bond motifs is 1. The Morgan fingerprint density at radius 3 is 2.48 bits per heavy atom. The monoisotopic (exact) mass is 437 g/mol. The van der Waals surface area contributed by atoms with Gasteiger partial charge in [0, 0.05) is 6.42 Å². The van der Waals surface area contributed by atoms with Gasteiger partial charge >= 0.3 is 5.97 Å². The van der Waals surface area contributed by atoms with Crippen LogP contribution in [0.2, 0.25) is 0 Å². The normalized spacial score (nSPS) is 11.4. The fourth-order valence-corrected chi connectivity index (χ4v) is 4.04. The van der Waals surface area contributed by atoms with Gasteiger partial charge in [0.1, 0.15) is 10.6 Å². The van der Waals surface area contributed by atoms with Crippen molar-refractivity contribution in [3.63, 3.8) is 0 Å². The third-order valence-corrected chi connectivity index (χ3v) is 5.34. The largest absolute Gasteiger partial charge is 0.460 e. The lowest BCUT2D eigenvalue weighted by Gasteiger charge is -2.19. The van der Waals surface area contributed by atoms with E-state index in [1.165, 1.54) is 16.9 Å². The van der Waals surface area contributed by atoms with Crippen molar-refractivity contribution in [2.45, 2.75) is 52.6 Å². The van der Waals surface area contributed by atoms with Crippen LogP contribution in [0.1, 0.15) is 44.2 Å². The van der Waals surface area contributed by atoms with E-state index >= 15 is 0 Å². The van der Waals surface area contributed by atoms with Gasteiger partial charge in [-0.1, -0.05) is 35.9 Å². The molecule has 31 heavy (non-hydrogen) atoms. The van der Waals surface area contributed by atoms with Gasteiger partial charge in [0.2, 0.25) is 0 Å². The van der Waals surface area contributed by atoms with E-state index in [9.17, 15) is 4.79 Å². The van der Waals surface area contributed by atoms with E-state index in [-0.39, 0.29) is 37.0 Å². The molecule has 0 saturated heterocycles. The lowest BCUT2D eigenvalue weighted by Crippen LogP contribution is -2.24. The van der Waals surface area contributed by atoms with Gasteiger partial charge in [-0.15, -0.1) is 11.3 Å². The van der Waals surface area contributed by atoms with E-state index in [2.05, 4.69) is 42.2 Å². The van der Waals surface area contributed by atoms with Crippen molar-refractivity contribution in [2.75, 3.05) is 0 Å². The molecule has 0 spiro atoms. The molecule has 3 aromatic rings. The molecule has 0 amide bonds. The predicted molar refractivity (Wildman–Crippen MR) is 125 cm³/mol. The van der Waals surface area contributed by atoms with Crippen molar-refractivity contribution in [1.29, 1.82) is 10.8 Å². The quantitative estimate of drug-likeness (QED) is 0.285. The second kappa shape index (κ2) is 9.39.